The van der Waals surface area contributed by atoms with E-state index in [9.17, 15) is 5.11 Å². The van der Waals surface area contributed by atoms with Gasteiger partial charge in [0.1, 0.15) is 10.8 Å². The van der Waals surface area contributed by atoms with E-state index in [0.717, 1.165) is 58.1 Å². The largest absolute Gasteiger partial charge is 0.393 e. The molecule has 26 heavy (non-hydrogen) atoms. The summed E-state index contributed by atoms with van der Waals surface area (Å²) in [6.45, 7) is 4.79. The average molecular weight is 369 g/mol. The Morgan fingerprint density at radius 3 is 2.77 bits per heavy atom. The molecule has 0 aliphatic heterocycles. The maximum atomic E-state index is 9.86. The molecule has 4 rings (SSSR count). The minimum absolute atomic E-state index is 0.224. The van der Waals surface area contributed by atoms with Crippen LogP contribution in [0.15, 0.2) is 24.3 Å². The van der Waals surface area contributed by atoms with E-state index in [0.29, 0.717) is 5.95 Å². The van der Waals surface area contributed by atoms with E-state index in [2.05, 4.69) is 21.7 Å². The molecule has 1 fully saturated rings. The number of hydrogen-bond acceptors (Lipinski definition) is 7. The number of hydrogen-bond donors (Lipinski definition) is 3. The zero-order valence-corrected chi connectivity index (χ0v) is 15.8. The van der Waals surface area contributed by atoms with Crippen molar-refractivity contribution in [3.63, 3.8) is 0 Å². The highest BCUT2D eigenvalue weighted by atomic mass is 32.1. The van der Waals surface area contributed by atoms with Crippen molar-refractivity contribution in [2.24, 2.45) is 0 Å². The standard InChI is InChI=1S/C19H23N5OS/c1-3-20-19-21-11(2)16(17(24-19)22-12-8-9-13(25)10-12)18-23-14-6-4-5-7-15(14)26-18/h4-7,12-13,25H,3,8-10H2,1-2H3,(H2,20,21,22,24)/t12-,13-/m1/s1. The van der Waals surface area contributed by atoms with Crippen LogP contribution in [0.3, 0.4) is 0 Å². The molecule has 0 amide bonds. The number of nitrogens with one attached hydrogen (secondary N) is 2. The first-order valence-electron chi connectivity index (χ1n) is 9.07. The van der Waals surface area contributed by atoms with Gasteiger partial charge in [-0.1, -0.05) is 12.1 Å². The van der Waals surface area contributed by atoms with Crippen LogP contribution in [0.25, 0.3) is 20.8 Å². The highest BCUT2D eigenvalue weighted by molar-refractivity contribution is 7.21. The van der Waals surface area contributed by atoms with Crippen molar-refractivity contribution in [3.8, 4) is 10.6 Å². The Balaban J connectivity index is 1.78. The number of benzene rings is 1. The number of aliphatic hydroxyl groups excluding tert-OH is 1. The van der Waals surface area contributed by atoms with Crippen molar-refractivity contribution in [1.82, 2.24) is 15.0 Å². The normalized spacial score (nSPS) is 19.8. The van der Waals surface area contributed by atoms with Gasteiger partial charge in [0, 0.05) is 12.6 Å². The predicted octanol–water partition coefficient (Wildman–Crippen LogP) is 3.82. The first-order chi connectivity index (χ1) is 12.6. The molecular weight excluding hydrogens is 346 g/mol. The third-order valence-electron chi connectivity index (χ3n) is 4.68. The van der Waals surface area contributed by atoms with Crippen LogP contribution in [0.4, 0.5) is 11.8 Å². The lowest BCUT2D eigenvalue weighted by Gasteiger charge is -2.18. The third-order valence-corrected chi connectivity index (χ3v) is 5.73. The third kappa shape index (κ3) is 3.37. The SMILES string of the molecule is CCNc1nc(C)c(-c2nc3ccccc3s2)c(N[C@@H]2CC[C@@H](O)C2)n1. The van der Waals surface area contributed by atoms with Crippen molar-refractivity contribution in [2.75, 3.05) is 17.2 Å². The quantitative estimate of drug-likeness (QED) is 0.634. The fraction of sp³-hybridized carbons (Fsp3) is 0.421. The molecule has 0 saturated heterocycles. The molecule has 1 aliphatic rings. The highest BCUT2D eigenvalue weighted by Crippen LogP contribution is 2.37. The Morgan fingerprint density at radius 1 is 1.19 bits per heavy atom. The molecule has 0 radical (unpaired) electrons. The summed E-state index contributed by atoms with van der Waals surface area (Å²) in [6.07, 6.45) is 2.30. The number of rotatable bonds is 5. The Morgan fingerprint density at radius 2 is 2.04 bits per heavy atom. The Hall–Kier alpha value is -2.25. The Bertz CT molecular complexity index is 892. The van der Waals surface area contributed by atoms with E-state index in [1.165, 1.54) is 0 Å². The molecule has 2 atom stereocenters. The van der Waals surface area contributed by atoms with Crippen LogP contribution in [-0.2, 0) is 0 Å². The van der Waals surface area contributed by atoms with Gasteiger partial charge in [0.15, 0.2) is 0 Å². The summed E-state index contributed by atoms with van der Waals surface area (Å²) in [5.74, 6) is 1.42. The molecule has 1 saturated carbocycles. The van der Waals surface area contributed by atoms with Gasteiger partial charge in [-0.25, -0.2) is 9.97 Å². The van der Waals surface area contributed by atoms with Crippen LogP contribution >= 0.6 is 11.3 Å². The number of aryl methyl sites for hydroxylation is 1. The number of fused-ring (bicyclic) bond motifs is 1. The highest BCUT2D eigenvalue weighted by Gasteiger charge is 2.25. The minimum Gasteiger partial charge on any atom is -0.393 e. The van der Waals surface area contributed by atoms with Gasteiger partial charge in [0.05, 0.1) is 27.6 Å². The van der Waals surface area contributed by atoms with E-state index in [4.69, 9.17) is 9.97 Å². The summed E-state index contributed by atoms with van der Waals surface area (Å²) in [7, 11) is 0. The smallest absolute Gasteiger partial charge is 0.224 e. The van der Waals surface area contributed by atoms with Crippen molar-refractivity contribution in [3.05, 3.63) is 30.0 Å². The van der Waals surface area contributed by atoms with Gasteiger partial charge < -0.3 is 15.7 Å². The number of aromatic nitrogens is 3. The van der Waals surface area contributed by atoms with Crippen molar-refractivity contribution >= 4 is 33.3 Å². The lowest BCUT2D eigenvalue weighted by atomic mass is 10.2. The van der Waals surface area contributed by atoms with Crippen molar-refractivity contribution < 1.29 is 5.11 Å². The molecule has 0 bridgehead atoms. The van der Waals surface area contributed by atoms with Crippen molar-refractivity contribution in [1.29, 1.82) is 0 Å². The molecule has 7 heteroatoms. The average Bonchev–Trinajstić information content (AvgIpc) is 3.20. The molecule has 2 heterocycles. The first-order valence-corrected chi connectivity index (χ1v) is 9.88. The lowest BCUT2D eigenvalue weighted by molar-refractivity contribution is 0.182. The fourth-order valence-electron chi connectivity index (χ4n) is 3.43. The van der Waals surface area contributed by atoms with Crippen LogP contribution in [0.5, 0.6) is 0 Å². The molecule has 2 aromatic heterocycles. The van der Waals surface area contributed by atoms with E-state index in [1.54, 1.807) is 11.3 Å². The van der Waals surface area contributed by atoms with E-state index in [1.807, 2.05) is 32.0 Å². The summed E-state index contributed by atoms with van der Waals surface area (Å²) < 4.78 is 1.15. The molecule has 1 aromatic carbocycles. The molecule has 3 aromatic rings. The second kappa shape index (κ2) is 7.17. The maximum absolute atomic E-state index is 9.86. The molecule has 3 N–H and O–H groups in total. The van der Waals surface area contributed by atoms with Crippen molar-refractivity contribution in [2.45, 2.75) is 45.3 Å². The predicted molar refractivity (Wildman–Crippen MR) is 107 cm³/mol. The summed E-state index contributed by atoms with van der Waals surface area (Å²) in [4.78, 5) is 14.1. The van der Waals surface area contributed by atoms with Gasteiger partial charge in [-0.05, 0) is 45.2 Å². The summed E-state index contributed by atoms with van der Waals surface area (Å²) in [5, 5.41) is 17.5. The molecule has 1 aliphatic carbocycles. The monoisotopic (exact) mass is 369 g/mol. The summed E-state index contributed by atoms with van der Waals surface area (Å²) in [6, 6.07) is 8.37. The second-order valence-corrected chi connectivity index (χ2v) is 7.71. The number of aliphatic hydroxyl groups is 1. The van der Waals surface area contributed by atoms with Gasteiger partial charge in [-0.15, -0.1) is 11.3 Å². The van der Waals surface area contributed by atoms with Gasteiger partial charge in [-0.3, -0.25) is 0 Å². The minimum atomic E-state index is -0.227. The van der Waals surface area contributed by atoms with Gasteiger partial charge in [0.25, 0.3) is 0 Å². The molecule has 6 nitrogen and oxygen atoms in total. The van der Waals surface area contributed by atoms with Gasteiger partial charge in [0.2, 0.25) is 5.95 Å². The maximum Gasteiger partial charge on any atom is 0.224 e. The zero-order valence-electron chi connectivity index (χ0n) is 15.0. The zero-order chi connectivity index (χ0) is 18.1. The van der Waals surface area contributed by atoms with Gasteiger partial charge >= 0.3 is 0 Å². The van der Waals surface area contributed by atoms with Gasteiger partial charge in [-0.2, -0.15) is 4.98 Å². The second-order valence-electron chi connectivity index (χ2n) is 6.68. The number of anilines is 2. The number of thiazole rings is 1. The Kier molecular flexibility index (Phi) is 4.74. The number of nitrogens with zero attached hydrogens (tertiary/aromatic N) is 3. The summed E-state index contributed by atoms with van der Waals surface area (Å²) >= 11 is 1.66. The molecule has 0 spiro atoms. The lowest BCUT2D eigenvalue weighted by Crippen LogP contribution is -2.19. The van der Waals surface area contributed by atoms with E-state index in [-0.39, 0.29) is 12.1 Å². The van der Waals surface area contributed by atoms with Crippen LogP contribution in [0.1, 0.15) is 31.9 Å². The topological polar surface area (TPSA) is 83.0 Å². The first kappa shape index (κ1) is 17.2. The van der Waals surface area contributed by atoms with E-state index >= 15 is 0 Å². The molecule has 0 unspecified atom stereocenters. The summed E-state index contributed by atoms with van der Waals surface area (Å²) in [5.41, 5.74) is 2.84. The van der Waals surface area contributed by atoms with Crippen LogP contribution in [0.2, 0.25) is 0 Å². The number of para-hydroxylation sites is 1. The Labute approximate surface area is 156 Å². The van der Waals surface area contributed by atoms with Crippen LogP contribution in [0, 0.1) is 6.92 Å². The van der Waals surface area contributed by atoms with Crippen LogP contribution in [-0.4, -0.2) is 38.7 Å². The fourth-order valence-corrected chi connectivity index (χ4v) is 4.50. The van der Waals surface area contributed by atoms with E-state index < -0.39 is 0 Å². The van der Waals surface area contributed by atoms with Crippen LogP contribution < -0.4 is 10.6 Å². The molecule has 136 valence electrons. The molecular formula is C19H23N5OS.